The van der Waals surface area contributed by atoms with Crippen LogP contribution in [-0.4, -0.2) is 23.2 Å². The van der Waals surface area contributed by atoms with Crippen molar-refractivity contribution in [1.29, 1.82) is 0 Å². The first-order chi connectivity index (χ1) is 11.2. The molecule has 0 aliphatic heterocycles. The van der Waals surface area contributed by atoms with Crippen LogP contribution in [0.1, 0.15) is 5.56 Å². The minimum absolute atomic E-state index is 0.119. The third-order valence-electron chi connectivity index (χ3n) is 7.78. The summed E-state index contributed by atoms with van der Waals surface area (Å²) in [6.45, 7) is 0.165. The van der Waals surface area contributed by atoms with Crippen molar-refractivity contribution in [2.45, 2.75) is 12.6 Å². The van der Waals surface area contributed by atoms with Gasteiger partial charge in [-0.15, -0.1) is 0 Å². The van der Waals surface area contributed by atoms with Gasteiger partial charge in [-0.3, -0.25) is 0 Å². The number of carbonyl (C=O) groups is 2. The van der Waals surface area contributed by atoms with Gasteiger partial charge in [-0.05, 0) is 47.0 Å². The maximum Gasteiger partial charge on any atom is 0.408 e. The standard InChI is InChI=1S/C18H17NO4/c20-16(21)15(19-17(22)23-6-7-4-2-1-3-5-7)18-12-9-8-10(12)14(18)11(8)13(9)18/h1-5,8-15H,6H2,(H,19,22)(H,20,21)/t8?,9?,10?,11?,12?,13?,14?,15-,18?/m0/s1. The fraction of sp³-hybridized carbons (Fsp3) is 0.556. The van der Waals surface area contributed by atoms with E-state index in [9.17, 15) is 14.7 Å². The van der Waals surface area contributed by atoms with Crippen molar-refractivity contribution in [3.05, 3.63) is 35.9 Å². The molecule has 0 saturated heterocycles. The molecule has 1 amide bonds. The van der Waals surface area contributed by atoms with Crippen molar-refractivity contribution in [2.24, 2.45) is 46.8 Å². The maximum absolute atomic E-state index is 12.1. The Morgan fingerprint density at radius 1 is 1.09 bits per heavy atom. The number of rotatable bonds is 5. The summed E-state index contributed by atoms with van der Waals surface area (Å²) in [5.41, 5.74) is 0.776. The molecule has 1 aromatic carbocycles. The number of ether oxygens (including phenoxy) is 1. The molecule has 7 rings (SSSR count). The van der Waals surface area contributed by atoms with Gasteiger partial charge in [-0.1, -0.05) is 30.3 Å². The molecule has 118 valence electrons. The molecule has 6 aliphatic rings. The number of hydrogen-bond donors (Lipinski definition) is 2. The first-order valence-electron chi connectivity index (χ1n) is 8.37. The van der Waals surface area contributed by atoms with Gasteiger partial charge in [-0.25, -0.2) is 9.59 Å². The molecule has 5 nitrogen and oxygen atoms in total. The lowest BCUT2D eigenvalue weighted by Crippen LogP contribution is -3.08. The molecule has 0 heterocycles. The summed E-state index contributed by atoms with van der Waals surface area (Å²) in [5.74, 6) is 4.11. The summed E-state index contributed by atoms with van der Waals surface area (Å²) < 4.78 is 5.21. The van der Waals surface area contributed by atoms with Crippen LogP contribution in [0.3, 0.4) is 0 Å². The Balaban J connectivity index is 1.15. The van der Waals surface area contributed by atoms with Crippen molar-refractivity contribution in [3.63, 3.8) is 0 Å². The van der Waals surface area contributed by atoms with Crippen LogP contribution < -0.4 is 5.32 Å². The summed E-state index contributed by atoms with van der Waals surface area (Å²) in [4.78, 5) is 23.8. The van der Waals surface area contributed by atoms with Crippen molar-refractivity contribution < 1.29 is 19.4 Å². The summed E-state index contributed by atoms with van der Waals surface area (Å²) in [6, 6.07) is 8.64. The Labute approximate surface area is 133 Å². The summed E-state index contributed by atoms with van der Waals surface area (Å²) >= 11 is 0. The molecule has 0 radical (unpaired) electrons. The number of amides is 1. The number of aliphatic carboxylic acids is 1. The van der Waals surface area contributed by atoms with E-state index < -0.39 is 18.1 Å². The van der Waals surface area contributed by atoms with E-state index in [1.54, 1.807) is 0 Å². The number of alkyl carbamates (subject to hydrolysis) is 1. The highest BCUT2D eigenvalue weighted by atomic mass is 16.5. The van der Waals surface area contributed by atoms with Crippen molar-refractivity contribution >= 4 is 12.1 Å². The van der Waals surface area contributed by atoms with Crippen molar-refractivity contribution in [1.82, 2.24) is 5.32 Å². The number of benzene rings is 1. The van der Waals surface area contributed by atoms with E-state index in [0.29, 0.717) is 17.8 Å². The van der Waals surface area contributed by atoms with Crippen LogP contribution >= 0.6 is 0 Å². The van der Waals surface area contributed by atoms with Gasteiger partial charge in [0.05, 0.1) is 0 Å². The van der Waals surface area contributed by atoms with Crippen molar-refractivity contribution in [3.8, 4) is 0 Å². The minimum atomic E-state index is -0.905. The SMILES string of the molecule is O=C(N[C@@H](C(=O)O)C12C3C4C5C3C1C5C42)OCc1ccccc1. The lowest BCUT2D eigenvalue weighted by molar-refractivity contribution is -0.617. The van der Waals surface area contributed by atoms with Gasteiger partial charge in [0, 0.05) is 5.41 Å². The molecule has 6 fully saturated rings. The second-order valence-corrected chi connectivity index (χ2v) is 7.86. The van der Waals surface area contributed by atoms with E-state index >= 15 is 0 Å². The highest BCUT2D eigenvalue weighted by molar-refractivity contribution is 5.83. The molecular weight excluding hydrogens is 294 g/mol. The van der Waals surface area contributed by atoms with Gasteiger partial charge in [0.1, 0.15) is 12.6 Å². The lowest BCUT2D eigenvalue weighted by Gasteiger charge is -3.08. The average Bonchev–Trinajstić information content (AvgIpc) is 2.58. The summed E-state index contributed by atoms with van der Waals surface area (Å²) in [5, 5.41) is 12.3. The van der Waals surface area contributed by atoms with Crippen LogP contribution in [-0.2, 0) is 16.1 Å². The molecule has 0 aromatic heterocycles. The van der Waals surface area contributed by atoms with Crippen LogP contribution in [0.5, 0.6) is 0 Å². The van der Waals surface area contributed by atoms with Gasteiger partial charge in [0.15, 0.2) is 0 Å². The number of carboxylic acid groups (broad SMARTS) is 1. The van der Waals surface area contributed by atoms with E-state index in [1.807, 2.05) is 30.3 Å². The van der Waals surface area contributed by atoms with Gasteiger partial charge >= 0.3 is 12.1 Å². The zero-order valence-electron chi connectivity index (χ0n) is 12.4. The zero-order chi connectivity index (χ0) is 15.5. The average molecular weight is 311 g/mol. The van der Waals surface area contributed by atoms with Crippen LogP contribution in [0.2, 0.25) is 0 Å². The Morgan fingerprint density at radius 3 is 2.26 bits per heavy atom. The Hall–Kier alpha value is -2.04. The topological polar surface area (TPSA) is 75.6 Å². The molecule has 23 heavy (non-hydrogen) atoms. The first kappa shape index (κ1) is 12.4. The molecule has 0 bridgehead atoms. The Morgan fingerprint density at radius 2 is 1.70 bits per heavy atom. The second-order valence-electron chi connectivity index (χ2n) is 7.86. The van der Waals surface area contributed by atoms with E-state index in [-0.39, 0.29) is 12.0 Å². The van der Waals surface area contributed by atoms with E-state index in [0.717, 1.165) is 29.2 Å². The predicted octanol–water partition coefficient (Wildman–Crippen LogP) is 1.73. The van der Waals surface area contributed by atoms with Gasteiger partial charge in [-0.2, -0.15) is 0 Å². The lowest BCUT2D eigenvalue weighted by atomic mass is 8.96. The highest BCUT2D eigenvalue weighted by Crippen LogP contribution is 3.06. The largest absolute Gasteiger partial charge is 0.480 e. The molecule has 1 aromatic rings. The molecule has 1 atom stereocenters. The molecule has 0 spiro atoms. The molecule has 6 aliphatic carbocycles. The third kappa shape index (κ3) is 1.03. The van der Waals surface area contributed by atoms with E-state index in [4.69, 9.17) is 4.74 Å². The molecule has 5 heteroatoms. The second kappa shape index (κ2) is 3.55. The molecule has 0 unspecified atom stereocenters. The fourth-order valence-corrected chi connectivity index (χ4v) is 7.38. The Bertz CT molecular complexity index is 694. The van der Waals surface area contributed by atoms with Gasteiger partial charge in [0.2, 0.25) is 0 Å². The Kier molecular flexibility index (Phi) is 1.91. The summed E-state index contributed by atoms with van der Waals surface area (Å²) in [6.07, 6.45) is -0.616. The number of nitrogens with one attached hydrogen (secondary N) is 1. The zero-order valence-corrected chi connectivity index (χ0v) is 12.4. The highest BCUT2D eigenvalue weighted by Gasteiger charge is 3.05. The van der Waals surface area contributed by atoms with Gasteiger partial charge < -0.3 is 15.2 Å². The summed E-state index contributed by atoms with van der Waals surface area (Å²) in [7, 11) is 0. The van der Waals surface area contributed by atoms with Crippen LogP contribution in [0.4, 0.5) is 4.79 Å². The molecular formula is C18H17NO4. The van der Waals surface area contributed by atoms with E-state index in [1.165, 1.54) is 0 Å². The molecule has 2 N–H and O–H groups in total. The van der Waals surface area contributed by atoms with Gasteiger partial charge in [0.25, 0.3) is 0 Å². The monoisotopic (exact) mass is 311 g/mol. The predicted molar refractivity (Wildman–Crippen MR) is 78.0 cm³/mol. The third-order valence-corrected chi connectivity index (χ3v) is 7.78. The molecule has 6 saturated carbocycles. The maximum atomic E-state index is 12.1. The van der Waals surface area contributed by atoms with Crippen LogP contribution in [0.25, 0.3) is 0 Å². The van der Waals surface area contributed by atoms with Crippen LogP contribution in [0, 0.1) is 46.8 Å². The smallest absolute Gasteiger partial charge is 0.408 e. The first-order valence-corrected chi connectivity index (χ1v) is 8.37. The number of carbonyl (C=O) groups excluding carboxylic acids is 1. The number of hydrogen-bond acceptors (Lipinski definition) is 3. The van der Waals surface area contributed by atoms with E-state index in [2.05, 4.69) is 5.32 Å². The fourth-order valence-electron chi connectivity index (χ4n) is 7.38. The van der Waals surface area contributed by atoms with Crippen LogP contribution in [0.15, 0.2) is 30.3 Å². The van der Waals surface area contributed by atoms with Crippen molar-refractivity contribution in [2.75, 3.05) is 0 Å². The number of carboxylic acids is 1. The normalized spacial score (nSPS) is 49.1. The minimum Gasteiger partial charge on any atom is -0.480 e. The quantitative estimate of drug-likeness (QED) is 0.868.